The molecule has 0 spiro atoms. The standard InChI is InChI=1S/C18H23N3O2S/c22-17-9-15-11-20(18(23)3-2-13-4-7-24-12-13)10-14(15)8-16(17)21-6-1-5-19-21/h1,4-7,12,14-17,22H,2-3,8-11H2/t14-,15+,16-,17-/m1/s1. The molecule has 2 aliphatic rings. The van der Waals surface area contributed by atoms with Crippen molar-refractivity contribution < 1.29 is 9.90 Å². The lowest BCUT2D eigenvalue weighted by Gasteiger charge is -2.35. The van der Waals surface area contributed by atoms with Gasteiger partial charge in [-0.2, -0.15) is 16.4 Å². The number of thiophene rings is 1. The van der Waals surface area contributed by atoms with Gasteiger partial charge in [0.05, 0.1) is 12.1 Å². The minimum absolute atomic E-state index is 0.0436. The second-order valence-electron chi connectivity index (χ2n) is 7.04. The minimum Gasteiger partial charge on any atom is -0.391 e. The number of carbonyl (C=O) groups excluding carboxylic acids is 1. The third-order valence-electron chi connectivity index (χ3n) is 5.53. The van der Waals surface area contributed by atoms with E-state index in [-0.39, 0.29) is 18.1 Å². The highest BCUT2D eigenvalue weighted by atomic mass is 32.1. The first kappa shape index (κ1) is 15.8. The summed E-state index contributed by atoms with van der Waals surface area (Å²) < 4.78 is 1.88. The second-order valence-corrected chi connectivity index (χ2v) is 7.82. The van der Waals surface area contributed by atoms with E-state index in [2.05, 4.69) is 21.9 Å². The molecular weight excluding hydrogens is 322 g/mol. The zero-order valence-electron chi connectivity index (χ0n) is 13.6. The number of hydrogen-bond acceptors (Lipinski definition) is 4. The Hall–Kier alpha value is -1.66. The van der Waals surface area contributed by atoms with Crippen LogP contribution in [0.3, 0.4) is 0 Å². The van der Waals surface area contributed by atoms with Gasteiger partial charge < -0.3 is 10.0 Å². The number of likely N-dealkylation sites (tertiary alicyclic amines) is 1. The summed E-state index contributed by atoms with van der Waals surface area (Å²) in [5.41, 5.74) is 1.25. The monoisotopic (exact) mass is 345 g/mol. The number of aliphatic hydroxyl groups is 1. The van der Waals surface area contributed by atoms with Crippen LogP contribution in [0.4, 0.5) is 0 Å². The molecule has 2 aromatic heterocycles. The molecule has 6 heteroatoms. The highest BCUT2D eigenvalue weighted by molar-refractivity contribution is 7.07. The number of amides is 1. The number of aromatic nitrogens is 2. The third-order valence-corrected chi connectivity index (χ3v) is 6.27. The predicted molar refractivity (Wildman–Crippen MR) is 92.7 cm³/mol. The Kier molecular flexibility index (Phi) is 4.41. The van der Waals surface area contributed by atoms with Crippen molar-refractivity contribution in [2.24, 2.45) is 11.8 Å². The fourth-order valence-corrected chi connectivity index (χ4v) is 4.92. The van der Waals surface area contributed by atoms with Crippen molar-refractivity contribution in [3.63, 3.8) is 0 Å². The number of hydrogen-bond donors (Lipinski definition) is 1. The molecule has 3 heterocycles. The molecule has 4 atom stereocenters. The molecule has 1 amide bonds. The van der Waals surface area contributed by atoms with Crippen LogP contribution >= 0.6 is 11.3 Å². The molecule has 1 N–H and O–H groups in total. The summed E-state index contributed by atoms with van der Waals surface area (Å²) >= 11 is 1.68. The lowest BCUT2D eigenvalue weighted by atomic mass is 9.77. The van der Waals surface area contributed by atoms with E-state index in [0.29, 0.717) is 18.3 Å². The summed E-state index contributed by atoms with van der Waals surface area (Å²) in [4.78, 5) is 14.5. The summed E-state index contributed by atoms with van der Waals surface area (Å²) in [7, 11) is 0. The highest BCUT2D eigenvalue weighted by Gasteiger charge is 2.43. The van der Waals surface area contributed by atoms with Crippen LogP contribution in [0.15, 0.2) is 35.3 Å². The van der Waals surface area contributed by atoms with E-state index in [1.54, 1.807) is 17.5 Å². The van der Waals surface area contributed by atoms with Gasteiger partial charge in [-0.25, -0.2) is 0 Å². The normalized spacial score (nSPS) is 29.6. The molecule has 1 saturated carbocycles. The van der Waals surface area contributed by atoms with E-state index in [0.717, 1.165) is 32.4 Å². The molecular formula is C18H23N3O2S. The molecule has 4 rings (SSSR count). The van der Waals surface area contributed by atoms with Crippen LogP contribution in [-0.4, -0.2) is 44.9 Å². The molecule has 0 bridgehead atoms. The number of carbonyl (C=O) groups is 1. The van der Waals surface area contributed by atoms with Gasteiger partial charge in [-0.05, 0) is 59.6 Å². The Morgan fingerprint density at radius 3 is 2.88 bits per heavy atom. The Balaban J connectivity index is 1.36. The SMILES string of the molecule is O=C(CCc1ccsc1)N1C[C@H]2C[C@@H](n3cccn3)[C@H](O)C[C@H]2C1. The molecule has 0 radical (unpaired) electrons. The Bertz CT molecular complexity index is 671. The molecule has 2 fully saturated rings. The zero-order valence-corrected chi connectivity index (χ0v) is 14.4. The molecule has 128 valence electrons. The summed E-state index contributed by atoms with van der Waals surface area (Å²) in [6.07, 6.45) is 6.40. The maximum atomic E-state index is 12.5. The van der Waals surface area contributed by atoms with Gasteiger partial charge in [-0.1, -0.05) is 0 Å². The second kappa shape index (κ2) is 6.69. The van der Waals surface area contributed by atoms with Crippen molar-refractivity contribution in [1.82, 2.24) is 14.7 Å². The van der Waals surface area contributed by atoms with Gasteiger partial charge in [0, 0.05) is 31.9 Å². The van der Waals surface area contributed by atoms with E-state index in [9.17, 15) is 9.90 Å². The molecule has 1 aliphatic carbocycles. The summed E-state index contributed by atoms with van der Waals surface area (Å²) in [6.45, 7) is 1.63. The summed E-state index contributed by atoms with van der Waals surface area (Å²) in [6, 6.07) is 4.03. The first-order valence-electron chi connectivity index (χ1n) is 8.67. The van der Waals surface area contributed by atoms with Crippen molar-refractivity contribution in [3.8, 4) is 0 Å². The van der Waals surface area contributed by atoms with Gasteiger partial charge in [-0.15, -0.1) is 0 Å². The number of fused-ring (bicyclic) bond motifs is 1. The van der Waals surface area contributed by atoms with Gasteiger partial charge in [0.1, 0.15) is 0 Å². The summed E-state index contributed by atoms with van der Waals surface area (Å²) in [5, 5.41) is 18.9. The lowest BCUT2D eigenvalue weighted by Crippen LogP contribution is -2.36. The van der Waals surface area contributed by atoms with Crippen LogP contribution in [0.25, 0.3) is 0 Å². The number of aliphatic hydroxyl groups excluding tert-OH is 1. The van der Waals surface area contributed by atoms with E-state index in [1.165, 1.54) is 5.56 Å². The van der Waals surface area contributed by atoms with Gasteiger partial charge in [-0.3, -0.25) is 9.48 Å². The predicted octanol–water partition coefficient (Wildman–Crippen LogP) is 2.35. The van der Waals surface area contributed by atoms with Crippen molar-refractivity contribution in [1.29, 1.82) is 0 Å². The Morgan fingerprint density at radius 2 is 2.17 bits per heavy atom. The fourth-order valence-electron chi connectivity index (χ4n) is 4.22. The highest BCUT2D eigenvalue weighted by Crippen LogP contribution is 2.41. The number of aryl methyl sites for hydroxylation is 1. The molecule has 0 aromatic carbocycles. The average molecular weight is 345 g/mol. The van der Waals surface area contributed by atoms with E-state index < -0.39 is 0 Å². The van der Waals surface area contributed by atoms with Crippen LogP contribution in [0.2, 0.25) is 0 Å². The maximum Gasteiger partial charge on any atom is 0.222 e. The third kappa shape index (κ3) is 3.13. The summed E-state index contributed by atoms with van der Waals surface area (Å²) in [5.74, 6) is 1.16. The largest absolute Gasteiger partial charge is 0.391 e. The Labute approximate surface area is 145 Å². The van der Waals surface area contributed by atoms with Crippen molar-refractivity contribution in [3.05, 3.63) is 40.8 Å². The molecule has 1 saturated heterocycles. The van der Waals surface area contributed by atoms with Crippen LogP contribution in [0, 0.1) is 11.8 Å². The van der Waals surface area contributed by atoms with Crippen LogP contribution in [0.1, 0.15) is 30.9 Å². The first-order valence-corrected chi connectivity index (χ1v) is 9.61. The van der Waals surface area contributed by atoms with Gasteiger partial charge >= 0.3 is 0 Å². The Morgan fingerprint density at radius 1 is 1.33 bits per heavy atom. The molecule has 2 aromatic rings. The van der Waals surface area contributed by atoms with Gasteiger partial charge in [0.15, 0.2) is 0 Å². The van der Waals surface area contributed by atoms with E-state index in [4.69, 9.17) is 0 Å². The molecule has 0 unspecified atom stereocenters. The molecule has 24 heavy (non-hydrogen) atoms. The number of nitrogens with zero attached hydrogens (tertiary/aromatic N) is 3. The van der Waals surface area contributed by atoms with E-state index in [1.807, 2.05) is 21.8 Å². The van der Waals surface area contributed by atoms with Crippen molar-refractivity contribution in [2.75, 3.05) is 13.1 Å². The van der Waals surface area contributed by atoms with Crippen molar-refractivity contribution in [2.45, 2.75) is 37.8 Å². The van der Waals surface area contributed by atoms with Crippen LogP contribution in [0.5, 0.6) is 0 Å². The average Bonchev–Trinajstić information content (AvgIpc) is 3.31. The minimum atomic E-state index is -0.369. The number of rotatable bonds is 4. The fraction of sp³-hybridized carbons (Fsp3) is 0.556. The maximum absolute atomic E-state index is 12.5. The molecule has 1 aliphatic heterocycles. The van der Waals surface area contributed by atoms with Gasteiger partial charge in [0.25, 0.3) is 0 Å². The van der Waals surface area contributed by atoms with Crippen LogP contribution < -0.4 is 0 Å². The van der Waals surface area contributed by atoms with E-state index >= 15 is 0 Å². The first-order chi connectivity index (χ1) is 11.7. The smallest absolute Gasteiger partial charge is 0.222 e. The topological polar surface area (TPSA) is 58.4 Å². The lowest BCUT2D eigenvalue weighted by molar-refractivity contribution is -0.130. The zero-order chi connectivity index (χ0) is 16.5. The van der Waals surface area contributed by atoms with Gasteiger partial charge in [0.2, 0.25) is 5.91 Å². The van der Waals surface area contributed by atoms with Crippen LogP contribution in [-0.2, 0) is 11.2 Å². The quantitative estimate of drug-likeness (QED) is 0.925. The van der Waals surface area contributed by atoms with Crippen molar-refractivity contribution >= 4 is 17.2 Å². The molecule has 5 nitrogen and oxygen atoms in total.